The molecule has 0 saturated heterocycles. The third-order valence-corrected chi connectivity index (χ3v) is 4.04. The zero-order valence-electron chi connectivity index (χ0n) is 10.2. The van der Waals surface area contributed by atoms with E-state index in [1.54, 1.807) is 0 Å². The molecule has 2 rings (SSSR count). The van der Waals surface area contributed by atoms with Gasteiger partial charge < -0.3 is 10.1 Å². The predicted molar refractivity (Wildman–Crippen MR) is 67.1 cm³/mol. The van der Waals surface area contributed by atoms with E-state index in [9.17, 15) is 17.2 Å². The van der Waals surface area contributed by atoms with Gasteiger partial charge in [-0.15, -0.1) is 0 Å². The molecular weight excluding hydrogens is 290 g/mol. The molecule has 1 aromatic heterocycles. The van der Waals surface area contributed by atoms with Crippen molar-refractivity contribution in [2.45, 2.75) is 18.0 Å². The molecule has 5 nitrogen and oxygen atoms in total. The van der Waals surface area contributed by atoms with Crippen molar-refractivity contribution in [3.63, 3.8) is 0 Å². The Morgan fingerprint density at radius 1 is 1.25 bits per heavy atom. The highest BCUT2D eigenvalue weighted by Gasteiger charge is 2.16. The molecule has 0 atom stereocenters. The Morgan fingerprint density at radius 3 is 2.65 bits per heavy atom. The van der Waals surface area contributed by atoms with Crippen LogP contribution in [0, 0.1) is 11.6 Å². The number of aromatic nitrogens is 1. The first-order valence-corrected chi connectivity index (χ1v) is 7.12. The van der Waals surface area contributed by atoms with Gasteiger partial charge in [0.05, 0.1) is 11.5 Å². The smallest absolute Gasteiger partial charge is 0.242 e. The van der Waals surface area contributed by atoms with Crippen LogP contribution in [0.25, 0.3) is 0 Å². The van der Waals surface area contributed by atoms with Crippen LogP contribution in [0.15, 0.2) is 35.4 Å². The fraction of sp³-hybridized carbons (Fsp3) is 0.167. The summed E-state index contributed by atoms with van der Waals surface area (Å²) in [4.78, 5) is 2.49. The normalized spacial score (nSPS) is 11.8. The van der Waals surface area contributed by atoms with Crippen LogP contribution in [0.3, 0.4) is 0 Å². The van der Waals surface area contributed by atoms with E-state index in [-0.39, 0.29) is 23.6 Å². The first kappa shape index (κ1) is 14.6. The topological polar surface area (TPSA) is 82.2 Å². The van der Waals surface area contributed by atoms with Gasteiger partial charge in [0.25, 0.3) is 0 Å². The minimum Gasteiger partial charge on any atom is -0.390 e. The number of halogens is 2. The van der Waals surface area contributed by atoms with Crippen molar-refractivity contribution < 1.29 is 22.3 Å². The average Bonchev–Trinajstić information content (AvgIpc) is 2.89. The van der Waals surface area contributed by atoms with E-state index in [1.165, 1.54) is 12.3 Å². The zero-order valence-corrected chi connectivity index (χ0v) is 11.0. The number of hydrogen-bond donors (Lipinski definition) is 3. The molecule has 0 spiro atoms. The van der Waals surface area contributed by atoms with Crippen molar-refractivity contribution in [2.75, 3.05) is 0 Å². The first-order valence-electron chi connectivity index (χ1n) is 5.64. The molecule has 0 fully saturated rings. The van der Waals surface area contributed by atoms with E-state index in [2.05, 4.69) is 9.71 Å². The minimum atomic E-state index is -3.86. The fourth-order valence-corrected chi connectivity index (χ4v) is 2.62. The van der Waals surface area contributed by atoms with Crippen LogP contribution >= 0.6 is 0 Å². The zero-order chi connectivity index (χ0) is 14.8. The van der Waals surface area contributed by atoms with Gasteiger partial charge in [-0.25, -0.2) is 21.9 Å². The van der Waals surface area contributed by atoms with Crippen LogP contribution in [0.5, 0.6) is 0 Å². The summed E-state index contributed by atoms with van der Waals surface area (Å²) in [5.41, 5.74) is 0.244. The maximum atomic E-state index is 13.4. The minimum absolute atomic E-state index is 0.0849. The Kier molecular flexibility index (Phi) is 4.17. The van der Waals surface area contributed by atoms with Crippen LogP contribution in [-0.4, -0.2) is 18.5 Å². The van der Waals surface area contributed by atoms with Gasteiger partial charge in [-0.1, -0.05) is 0 Å². The second kappa shape index (κ2) is 5.70. The van der Waals surface area contributed by atoms with Crippen LogP contribution in [-0.2, 0) is 23.2 Å². The number of H-pyrrole nitrogens is 1. The average molecular weight is 302 g/mol. The standard InChI is InChI=1S/C12H12F2N2O3S/c13-9-1-2-12(14)8(3-9)5-16-20(18,19)11-4-10(7-17)15-6-11/h1-4,6,15-17H,5,7H2. The number of benzene rings is 1. The highest BCUT2D eigenvalue weighted by molar-refractivity contribution is 7.89. The Bertz CT molecular complexity index is 713. The van der Waals surface area contributed by atoms with Crippen LogP contribution in [0.4, 0.5) is 8.78 Å². The molecule has 3 N–H and O–H groups in total. The van der Waals surface area contributed by atoms with Gasteiger partial charge in [-0.3, -0.25) is 0 Å². The van der Waals surface area contributed by atoms with E-state index >= 15 is 0 Å². The van der Waals surface area contributed by atoms with E-state index in [0.29, 0.717) is 5.69 Å². The monoisotopic (exact) mass is 302 g/mol. The van der Waals surface area contributed by atoms with Crippen molar-refractivity contribution in [1.29, 1.82) is 0 Å². The van der Waals surface area contributed by atoms with E-state index in [4.69, 9.17) is 5.11 Å². The molecule has 2 aromatic rings. The molecule has 0 aliphatic heterocycles. The van der Waals surface area contributed by atoms with Gasteiger partial charge in [0.15, 0.2) is 0 Å². The summed E-state index contributed by atoms with van der Waals surface area (Å²) in [6.07, 6.45) is 1.20. The summed E-state index contributed by atoms with van der Waals surface area (Å²) in [6.45, 7) is -0.695. The lowest BCUT2D eigenvalue weighted by atomic mass is 10.2. The van der Waals surface area contributed by atoms with E-state index in [0.717, 1.165) is 18.2 Å². The maximum Gasteiger partial charge on any atom is 0.242 e. The first-order chi connectivity index (χ1) is 9.42. The van der Waals surface area contributed by atoms with Crippen molar-refractivity contribution >= 4 is 10.0 Å². The van der Waals surface area contributed by atoms with Crippen molar-refractivity contribution in [1.82, 2.24) is 9.71 Å². The third-order valence-electron chi connectivity index (χ3n) is 2.66. The fourth-order valence-electron chi connectivity index (χ4n) is 1.60. The molecule has 0 bridgehead atoms. The highest BCUT2D eigenvalue weighted by atomic mass is 32.2. The number of aliphatic hydroxyl groups excluding tert-OH is 1. The van der Waals surface area contributed by atoms with Gasteiger partial charge in [0, 0.05) is 24.0 Å². The molecule has 0 radical (unpaired) electrons. The Hall–Kier alpha value is -1.77. The Labute approximate surface area is 114 Å². The van der Waals surface area contributed by atoms with Gasteiger partial charge in [-0.2, -0.15) is 0 Å². The van der Waals surface area contributed by atoms with Gasteiger partial charge >= 0.3 is 0 Å². The Balaban J connectivity index is 2.15. The van der Waals surface area contributed by atoms with Gasteiger partial charge in [0.1, 0.15) is 11.6 Å². The highest BCUT2D eigenvalue weighted by Crippen LogP contribution is 2.13. The summed E-state index contributed by atoms with van der Waals surface area (Å²) in [5.74, 6) is -1.34. The molecule has 108 valence electrons. The quantitative estimate of drug-likeness (QED) is 0.778. The predicted octanol–water partition coefficient (Wildman–Crippen LogP) is 1.26. The number of rotatable bonds is 5. The van der Waals surface area contributed by atoms with E-state index < -0.39 is 21.7 Å². The second-order valence-electron chi connectivity index (χ2n) is 4.08. The molecule has 0 amide bonds. The lowest BCUT2D eigenvalue weighted by Crippen LogP contribution is -2.23. The number of aliphatic hydroxyl groups is 1. The van der Waals surface area contributed by atoms with Crippen LogP contribution in [0.2, 0.25) is 0 Å². The third kappa shape index (κ3) is 3.21. The largest absolute Gasteiger partial charge is 0.390 e. The van der Waals surface area contributed by atoms with Gasteiger partial charge in [0.2, 0.25) is 10.0 Å². The molecule has 1 heterocycles. The second-order valence-corrected chi connectivity index (χ2v) is 5.85. The molecular formula is C12H12F2N2O3S. The number of nitrogens with one attached hydrogen (secondary N) is 2. The molecule has 1 aromatic carbocycles. The Morgan fingerprint density at radius 2 is 2.00 bits per heavy atom. The molecule has 20 heavy (non-hydrogen) atoms. The molecule has 0 aliphatic rings. The van der Waals surface area contributed by atoms with Crippen LogP contribution < -0.4 is 4.72 Å². The summed E-state index contributed by atoms with van der Waals surface area (Å²) in [6, 6.07) is 4.06. The maximum absolute atomic E-state index is 13.4. The number of hydrogen-bond acceptors (Lipinski definition) is 3. The summed E-state index contributed by atoms with van der Waals surface area (Å²) in [5, 5.41) is 8.85. The molecule has 8 heteroatoms. The van der Waals surface area contributed by atoms with Crippen molar-refractivity contribution in [2.24, 2.45) is 0 Å². The SMILES string of the molecule is O=S(=O)(NCc1cc(F)ccc1F)c1c[nH]c(CO)c1. The summed E-state index contributed by atoms with van der Waals surface area (Å²) < 4.78 is 52.3. The van der Waals surface area contributed by atoms with Gasteiger partial charge in [-0.05, 0) is 24.3 Å². The van der Waals surface area contributed by atoms with Crippen molar-refractivity contribution in [3.8, 4) is 0 Å². The molecule has 0 unspecified atom stereocenters. The molecule has 0 saturated carbocycles. The summed E-state index contributed by atoms with van der Waals surface area (Å²) >= 11 is 0. The van der Waals surface area contributed by atoms with Crippen molar-refractivity contribution in [3.05, 3.63) is 53.4 Å². The number of sulfonamides is 1. The number of aromatic amines is 1. The summed E-state index contributed by atoms with van der Waals surface area (Å²) in [7, 11) is -3.86. The van der Waals surface area contributed by atoms with E-state index in [1.807, 2.05) is 0 Å². The lowest BCUT2D eigenvalue weighted by Gasteiger charge is -2.06. The van der Waals surface area contributed by atoms with Crippen LogP contribution in [0.1, 0.15) is 11.3 Å². The molecule has 0 aliphatic carbocycles. The lowest BCUT2D eigenvalue weighted by molar-refractivity contribution is 0.277.